The van der Waals surface area contributed by atoms with Crippen LogP contribution in [0.2, 0.25) is 0 Å². The van der Waals surface area contributed by atoms with Gasteiger partial charge in [-0.1, -0.05) is 25.4 Å². The quantitative estimate of drug-likeness (QED) is 0.789. The first kappa shape index (κ1) is 15.6. The number of hydrogen-bond acceptors (Lipinski definition) is 5. The number of nitrogens with zero attached hydrogens (tertiary/aromatic N) is 1. The molecule has 0 unspecified atom stereocenters. The second-order valence-electron chi connectivity index (χ2n) is 4.54. The smallest absolute Gasteiger partial charge is 0.246 e. The lowest BCUT2D eigenvalue weighted by atomic mass is 10.00. The molecule has 0 aliphatic carbocycles. The fourth-order valence-electron chi connectivity index (χ4n) is 1.77. The van der Waals surface area contributed by atoms with E-state index in [2.05, 4.69) is 9.88 Å². The van der Waals surface area contributed by atoms with Crippen molar-refractivity contribution in [2.75, 3.05) is 0 Å². The van der Waals surface area contributed by atoms with E-state index in [4.69, 9.17) is 10.3 Å². The Morgan fingerprint density at radius 2 is 2.05 bits per heavy atom. The van der Waals surface area contributed by atoms with Crippen molar-refractivity contribution in [2.45, 2.75) is 45.1 Å². The van der Waals surface area contributed by atoms with E-state index in [1.165, 1.54) is 13.8 Å². The summed E-state index contributed by atoms with van der Waals surface area (Å²) < 4.78 is 31.7. The van der Waals surface area contributed by atoms with Crippen LogP contribution in [0.25, 0.3) is 0 Å². The van der Waals surface area contributed by atoms with Gasteiger partial charge in [-0.05, 0) is 19.8 Å². The summed E-state index contributed by atoms with van der Waals surface area (Å²) in [7, 11) is -3.88. The van der Waals surface area contributed by atoms with Crippen LogP contribution in [-0.4, -0.2) is 25.5 Å². The predicted octanol–water partition coefficient (Wildman–Crippen LogP) is 0.470. The lowest BCUT2D eigenvalue weighted by Gasteiger charge is -2.20. The maximum atomic E-state index is 12.3. The first-order chi connectivity index (χ1) is 8.70. The van der Waals surface area contributed by atoms with Gasteiger partial charge < -0.3 is 10.3 Å². The van der Waals surface area contributed by atoms with Crippen LogP contribution in [0, 0.1) is 19.8 Å². The number of rotatable bonds is 6. The molecule has 0 radical (unpaired) electrons. The first-order valence-corrected chi connectivity index (χ1v) is 7.43. The van der Waals surface area contributed by atoms with Crippen molar-refractivity contribution in [3.05, 3.63) is 11.5 Å². The number of hydrogen-bond donors (Lipinski definition) is 2. The summed E-state index contributed by atoms with van der Waals surface area (Å²) in [5.41, 5.74) is 5.49. The van der Waals surface area contributed by atoms with Gasteiger partial charge in [-0.3, -0.25) is 4.79 Å². The van der Waals surface area contributed by atoms with Crippen LogP contribution in [0.4, 0.5) is 0 Å². The fraction of sp³-hybridized carbons (Fsp3) is 0.636. The molecule has 0 saturated heterocycles. The van der Waals surface area contributed by atoms with Gasteiger partial charge in [-0.15, -0.1) is 0 Å². The van der Waals surface area contributed by atoms with Gasteiger partial charge in [0.1, 0.15) is 16.6 Å². The second-order valence-corrected chi connectivity index (χ2v) is 6.19. The van der Waals surface area contributed by atoms with E-state index in [1.54, 1.807) is 6.92 Å². The first-order valence-electron chi connectivity index (χ1n) is 5.95. The topological polar surface area (TPSA) is 115 Å². The second kappa shape index (κ2) is 5.70. The predicted molar refractivity (Wildman–Crippen MR) is 68.7 cm³/mol. The molecule has 0 aliphatic heterocycles. The van der Waals surface area contributed by atoms with Crippen molar-refractivity contribution in [3.63, 3.8) is 0 Å². The minimum Gasteiger partial charge on any atom is -0.368 e. The Morgan fingerprint density at radius 3 is 2.42 bits per heavy atom. The van der Waals surface area contributed by atoms with Gasteiger partial charge in [0.25, 0.3) is 0 Å². The summed E-state index contributed by atoms with van der Waals surface area (Å²) in [6.45, 7) is 6.63. The Bertz CT molecular complexity index is 545. The highest BCUT2D eigenvalue weighted by atomic mass is 32.2. The van der Waals surface area contributed by atoms with E-state index in [1.807, 2.05) is 6.92 Å². The molecule has 7 nitrogen and oxygen atoms in total. The zero-order valence-corrected chi connectivity index (χ0v) is 12.2. The number of amides is 1. The molecule has 1 heterocycles. The maximum Gasteiger partial charge on any atom is 0.246 e. The molecular weight excluding hydrogens is 270 g/mol. The van der Waals surface area contributed by atoms with Crippen LogP contribution < -0.4 is 10.5 Å². The molecule has 1 aromatic rings. The monoisotopic (exact) mass is 289 g/mol. The van der Waals surface area contributed by atoms with Crippen molar-refractivity contribution in [1.82, 2.24) is 9.88 Å². The summed E-state index contributed by atoms with van der Waals surface area (Å²) in [6.07, 6.45) is 0.623. The molecule has 0 fully saturated rings. The van der Waals surface area contributed by atoms with Crippen molar-refractivity contribution >= 4 is 15.9 Å². The van der Waals surface area contributed by atoms with Crippen LogP contribution in [0.15, 0.2) is 9.42 Å². The number of aryl methyl sites for hydroxylation is 2. The average molecular weight is 289 g/mol. The Morgan fingerprint density at radius 1 is 1.47 bits per heavy atom. The molecule has 0 spiro atoms. The van der Waals surface area contributed by atoms with E-state index in [0.717, 1.165) is 0 Å². The SMILES string of the molecule is CC[C@@H](C)[C@@H](NS(=O)(=O)c1c(C)noc1C)C(N)=O. The molecule has 2 atom stereocenters. The average Bonchev–Trinajstić information content (AvgIpc) is 2.65. The van der Waals surface area contributed by atoms with Crippen LogP contribution >= 0.6 is 0 Å². The van der Waals surface area contributed by atoms with Gasteiger partial charge in [-0.25, -0.2) is 8.42 Å². The number of carbonyl (C=O) groups is 1. The third-order valence-electron chi connectivity index (χ3n) is 3.04. The minimum absolute atomic E-state index is 0.0398. The Balaban J connectivity index is 3.12. The summed E-state index contributed by atoms with van der Waals surface area (Å²) in [5, 5.41) is 3.59. The number of nitrogens with one attached hydrogen (secondary N) is 1. The zero-order valence-electron chi connectivity index (χ0n) is 11.4. The number of primary amides is 1. The van der Waals surface area contributed by atoms with Crippen LogP contribution in [0.3, 0.4) is 0 Å². The number of aromatic nitrogens is 1. The molecule has 3 N–H and O–H groups in total. The van der Waals surface area contributed by atoms with Crippen molar-refractivity contribution in [2.24, 2.45) is 11.7 Å². The Hall–Kier alpha value is -1.41. The van der Waals surface area contributed by atoms with Crippen LogP contribution in [0.5, 0.6) is 0 Å². The summed E-state index contributed by atoms with van der Waals surface area (Å²) in [4.78, 5) is 11.3. The Labute approximate surface area is 112 Å². The largest absolute Gasteiger partial charge is 0.368 e. The number of nitrogens with two attached hydrogens (primary N) is 1. The Kier molecular flexibility index (Phi) is 4.70. The molecule has 0 aliphatic rings. The van der Waals surface area contributed by atoms with Gasteiger partial charge in [0, 0.05) is 0 Å². The standard InChI is InChI=1S/C11H19N3O4S/c1-5-6(2)9(11(12)15)14-19(16,17)10-7(3)13-18-8(10)4/h6,9,14H,5H2,1-4H3,(H2,12,15)/t6-,9-/m1/s1. The van der Waals surface area contributed by atoms with Crippen molar-refractivity contribution < 1.29 is 17.7 Å². The maximum absolute atomic E-state index is 12.3. The van der Waals surface area contributed by atoms with Gasteiger partial charge in [-0.2, -0.15) is 4.72 Å². The number of sulfonamides is 1. The van der Waals surface area contributed by atoms with Gasteiger partial charge in [0.15, 0.2) is 5.76 Å². The van der Waals surface area contributed by atoms with E-state index in [-0.39, 0.29) is 22.3 Å². The summed E-state index contributed by atoms with van der Waals surface area (Å²) >= 11 is 0. The van der Waals surface area contributed by atoms with E-state index in [0.29, 0.717) is 6.42 Å². The third kappa shape index (κ3) is 3.32. The molecule has 8 heteroatoms. The van der Waals surface area contributed by atoms with Crippen LogP contribution in [0.1, 0.15) is 31.7 Å². The third-order valence-corrected chi connectivity index (χ3v) is 4.72. The van der Waals surface area contributed by atoms with E-state index >= 15 is 0 Å². The van der Waals surface area contributed by atoms with E-state index < -0.39 is 22.0 Å². The zero-order chi connectivity index (χ0) is 14.8. The lowest BCUT2D eigenvalue weighted by Crippen LogP contribution is -2.48. The van der Waals surface area contributed by atoms with Crippen molar-refractivity contribution in [3.8, 4) is 0 Å². The molecule has 0 bridgehead atoms. The fourth-order valence-corrected chi connectivity index (χ4v) is 3.42. The molecule has 0 saturated carbocycles. The van der Waals surface area contributed by atoms with Crippen LogP contribution in [-0.2, 0) is 14.8 Å². The van der Waals surface area contributed by atoms with E-state index in [9.17, 15) is 13.2 Å². The molecular formula is C11H19N3O4S. The highest BCUT2D eigenvalue weighted by Gasteiger charge is 2.31. The highest BCUT2D eigenvalue weighted by molar-refractivity contribution is 7.89. The normalized spacial score (nSPS) is 15.2. The molecule has 108 valence electrons. The molecule has 19 heavy (non-hydrogen) atoms. The summed E-state index contributed by atoms with van der Waals surface area (Å²) in [5.74, 6) is -0.727. The molecule has 1 rings (SSSR count). The highest BCUT2D eigenvalue weighted by Crippen LogP contribution is 2.20. The number of carbonyl (C=O) groups excluding carboxylic acids is 1. The summed E-state index contributed by atoms with van der Waals surface area (Å²) in [6, 6.07) is -0.955. The molecule has 0 aromatic carbocycles. The molecule has 1 amide bonds. The van der Waals surface area contributed by atoms with Gasteiger partial charge in [0.05, 0.1) is 0 Å². The van der Waals surface area contributed by atoms with Crippen molar-refractivity contribution in [1.29, 1.82) is 0 Å². The minimum atomic E-state index is -3.88. The lowest BCUT2D eigenvalue weighted by molar-refractivity contribution is -0.120. The van der Waals surface area contributed by atoms with Gasteiger partial charge in [0.2, 0.25) is 15.9 Å². The molecule has 1 aromatic heterocycles. The van der Waals surface area contributed by atoms with Gasteiger partial charge >= 0.3 is 0 Å².